The Kier molecular flexibility index (Phi) is 4.65. The molecule has 3 aromatic rings. The van der Waals surface area contributed by atoms with Crippen LogP contribution in [0, 0.1) is 6.92 Å². The van der Waals surface area contributed by atoms with E-state index >= 15 is 0 Å². The highest BCUT2D eigenvalue weighted by Crippen LogP contribution is 2.42. The summed E-state index contributed by atoms with van der Waals surface area (Å²) in [6.45, 7) is 2.84. The van der Waals surface area contributed by atoms with Crippen molar-refractivity contribution in [1.82, 2.24) is 9.97 Å². The van der Waals surface area contributed by atoms with E-state index in [0.717, 1.165) is 53.7 Å². The first-order chi connectivity index (χ1) is 16.0. The number of carbonyl (C=O) groups excluding carboxylic acids is 1. The predicted molar refractivity (Wildman–Crippen MR) is 125 cm³/mol. The molecule has 5 heterocycles. The first-order valence-electron chi connectivity index (χ1n) is 11.4. The summed E-state index contributed by atoms with van der Waals surface area (Å²) in [6, 6.07) is 7.99. The third kappa shape index (κ3) is 3.28. The Bertz CT molecular complexity index is 1330. The summed E-state index contributed by atoms with van der Waals surface area (Å²) in [5.74, 6) is 1.07. The van der Waals surface area contributed by atoms with Gasteiger partial charge in [-0.1, -0.05) is 0 Å². The van der Waals surface area contributed by atoms with Crippen molar-refractivity contribution in [2.24, 2.45) is 0 Å². The normalized spacial score (nSPS) is 21.0. The number of aromatic amines is 1. The average Bonchev–Trinajstić information content (AvgIpc) is 3.53. The first-order valence-corrected chi connectivity index (χ1v) is 11.4. The van der Waals surface area contributed by atoms with Crippen LogP contribution in [0.5, 0.6) is 5.75 Å². The Balaban J connectivity index is 1.41. The van der Waals surface area contributed by atoms with Crippen LogP contribution in [0.25, 0.3) is 10.9 Å². The summed E-state index contributed by atoms with van der Waals surface area (Å²) < 4.78 is 11.1. The lowest BCUT2D eigenvalue weighted by molar-refractivity contribution is 0.102. The number of nitrogens with zero attached hydrogens (tertiary/aromatic N) is 2. The summed E-state index contributed by atoms with van der Waals surface area (Å²) in [7, 11) is 1.55. The number of fused-ring (bicyclic) bond motifs is 4. The third-order valence-corrected chi connectivity index (χ3v) is 7.21. The first kappa shape index (κ1) is 20.2. The summed E-state index contributed by atoms with van der Waals surface area (Å²) >= 11 is 0. The van der Waals surface area contributed by atoms with E-state index in [0.29, 0.717) is 47.8 Å². The molecular formula is C25H26N4O4. The number of rotatable bonds is 4. The van der Waals surface area contributed by atoms with Crippen molar-refractivity contribution in [2.75, 3.05) is 17.3 Å². The highest BCUT2D eigenvalue weighted by molar-refractivity contribution is 6.09. The summed E-state index contributed by atoms with van der Waals surface area (Å²) in [4.78, 5) is 35.6. The fourth-order valence-electron chi connectivity index (χ4n) is 5.63. The van der Waals surface area contributed by atoms with E-state index in [1.165, 1.54) is 0 Å². The number of hydrogen-bond donors (Lipinski definition) is 2. The Hall–Kier alpha value is -3.39. The second kappa shape index (κ2) is 7.59. The maximum atomic E-state index is 13.6. The van der Waals surface area contributed by atoms with E-state index in [2.05, 4.69) is 15.2 Å². The summed E-state index contributed by atoms with van der Waals surface area (Å²) in [5.41, 5.74) is 4.33. The third-order valence-electron chi connectivity index (χ3n) is 7.21. The largest absolute Gasteiger partial charge is 0.494 e. The minimum Gasteiger partial charge on any atom is -0.494 e. The van der Waals surface area contributed by atoms with E-state index in [4.69, 9.17) is 14.5 Å². The van der Waals surface area contributed by atoms with Gasteiger partial charge in [-0.05, 0) is 50.3 Å². The fraction of sp³-hybridized carbons (Fsp3) is 0.400. The Morgan fingerprint density at radius 1 is 1.15 bits per heavy atom. The van der Waals surface area contributed by atoms with Crippen LogP contribution in [0.1, 0.15) is 52.9 Å². The maximum absolute atomic E-state index is 13.6. The zero-order valence-electron chi connectivity index (χ0n) is 18.7. The van der Waals surface area contributed by atoms with Gasteiger partial charge in [-0.3, -0.25) is 9.59 Å². The van der Waals surface area contributed by atoms with Gasteiger partial charge in [-0.15, -0.1) is 0 Å². The van der Waals surface area contributed by atoms with Gasteiger partial charge in [0.05, 0.1) is 37.1 Å². The Morgan fingerprint density at radius 3 is 2.64 bits per heavy atom. The maximum Gasteiger partial charge on any atom is 0.259 e. The van der Waals surface area contributed by atoms with Gasteiger partial charge in [0.15, 0.2) is 0 Å². The second-order valence-electron chi connectivity index (χ2n) is 9.20. The smallest absolute Gasteiger partial charge is 0.259 e. The molecule has 33 heavy (non-hydrogen) atoms. The average molecular weight is 447 g/mol. The molecule has 2 aromatic heterocycles. The van der Waals surface area contributed by atoms with E-state index in [9.17, 15) is 9.59 Å². The van der Waals surface area contributed by atoms with Crippen LogP contribution in [-0.2, 0) is 18.0 Å². The number of aromatic nitrogens is 2. The van der Waals surface area contributed by atoms with Crippen LogP contribution in [0.15, 0.2) is 29.1 Å². The van der Waals surface area contributed by atoms with Gasteiger partial charge in [0.2, 0.25) is 5.56 Å². The van der Waals surface area contributed by atoms with Crippen LogP contribution in [0.4, 0.5) is 11.5 Å². The number of carbonyl (C=O) groups is 1. The fourth-order valence-corrected chi connectivity index (χ4v) is 5.63. The number of ether oxygens (including phenoxy) is 2. The molecule has 6 rings (SSSR count). The van der Waals surface area contributed by atoms with Gasteiger partial charge < -0.3 is 24.7 Å². The molecule has 170 valence electrons. The quantitative estimate of drug-likeness (QED) is 0.635. The number of hydrogen-bond acceptors (Lipinski definition) is 6. The molecule has 0 radical (unpaired) electrons. The number of amides is 1. The van der Waals surface area contributed by atoms with Crippen LogP contribution in [0.3, 0.4) is 0 Å². The Labute approximate surface area is 190 Å². The molecule has 0 saturated carbocycles. The van der Waals surface area contributed by atoms with Crippen molar-refractivity contribution in [1.29, 1.82) is 0 Å². The van der Waals surface area contributed by atoms with Crippen molar-refractivity contribution >= 4 is 28.3 Å². The monoisotopic (exact) mass is 446 g/mol. The summed E-state index contributed by atoms with van der Waals surface area (Å²) in [6.07, 6.45) is 4.61. The minimum absolute atomic E-state index is 0.189. The lowest BCUT2D eigenvalue weighted by Gasteiger charge is -2.26. The SMILES string of the molecule is COc1cc(NC(=O)c2cc3c(nc2N2C4CCC2CC4)COC3)cc2c(C)cc(=O)[nH]c12. The molecule has 0 unspecified atom stereocenters. The molecule has 2 fully saturated rings. The van der Waals surface area contributed by atoms with Gasteiger partial charge in [0.1, 0.15) is 11.6 Å². The molecule has 2 bridgehead atoms. The molecule has 0 aliphatic carbocycles. The number of anilines is 2. The number of methoxy groups -OCH3 is 1. The van der Waals surface area contributed by atoms with Crippen LogP contribution in [-0.4, -0.2) is 35.1 Å². The molecule has 2 saturated heterocycles. The van der Waals surface area contributed by atoms with Crippen molar-refractivity contribution in [3.8, 4) is 5.75 Å². The zero-order chi connectivity index (χ0) is 22.7. The molecule has 1 aromatic carbocycles. The number of pyridine rings is 2. The number of aryl methyl sites for hydroxylation is 1. The van der Waals surface area contributed by atoms with Crippen LogP contribution in [0.2, 0.25) is 0 Å². The molecular weight excluding hydrogens is 420 g/mol. The van der Waals surface area contributed by atoms with Crippen molar-refractivity contribution in [3.63, 3.8) is 0 Å². The number of H-pyrrole nitrogens is 1. The second-order valence-corrected chi connectivity index (χ2v) is 9.20. The molecule has 0 spiro atoms. The van der Waals surface area contributed by atoms with Crippen LogP contribution < -0.4 is 20.5 Å². The topological polar surface area (TPSA) is 96.5 Å². The van der Waals surface area contributed by atoms with E-state index in [-0.39, 0.29) is 11.5 Å². The van der Waals surface area contributed by atoms with Gasteiger partial charge in [-0.25, -0.2) is 4.98 Å². The van der Waals surface area contributed by atoms with Crippen molar-refractivity contribution in [3.05, 3.63) is 57.0 Å². The van der Waals surface area contributed by atoms with Gasteiger partial charge in [0, 0.05) is 40.9 Å². The van der Waals surface area contributed by atoms with E-state index in [1.54, 1.807) is 19.2 Å². The van der Waals surface area contributed by atoms with Crippen molar-refractivity contribution < 1.29 is 14.3 Å². The lowest BCUT2D eigenvalue weighted by Crippen LogP contribution is -2.32. The van der Waals surface area contributed by atoms with Gasteiger partial charge in [0.25, 0.3) is 5.91 Å². The molecule has 3 aliphatic rings. The minimum atomic E-state index is -0.206. The van der Waals surface area contributed by atoms with Gasteiger partial charge >= 0.3 is 0 Å². The number of nitrogens with one attached hydrogen (secondary N) is 2. The van der Waals surface area contributed by atoms with Crippen molar-refractivity contribution in [2.45, 2.75) is 57.9 Å². The molecule has 3 aliphatic heterocycles. The van der Waals surface area contributed by atoms with E-state index < -0.39 is 0 Å². The van der Waals surface area contributed by atoms with E-state index in [1.807, 2.05) is 19.1 Å². The highest BCUT2D eigenvalue weighted by atomic mass is 16.5. The number of benzene rings is 1. The Morgan fingerprint density at radius 2 is 1.91 bits per heavy atom. The molecule has 2 N–H and O–H groups in total. The molecule has 8 heteroatoms. The zero-order valence-corrected chi connectivity index (χ0v) is 18.7. The van der Waals surface area contributed by atoms with Crippen LogP contribution >= 0.6 is 0 Å². The standard InChI is InChI=1S/C25H26N4O4/c1-13-7-22(30)28-23-18(13)9-15(10-21(23)32-2)26-25(31)19-8-14-11-33-12-20(14)27-24(19)29-16-3-4-17(29)6-5-16/h7-10,16-17H,3-6,11-12H2,1-2H3,(H,26,31)(H,28,30). The summed E-state index contributed by atoms with van der Waals surface area (Å²) in [5, 5.41) is 3.88. The molecule has 1 amide bonds. The predicted octanol–water partition coefficient (Wildman–Crippen LogP) is 3.65. The van der Waals surface area contributed by atoms with Gasteiger partial charge in [-0.2, -0.15) is 0 Å². The lowest BCUT2D eigenvalue weighted by atomic mass is 10.0. The molecule has 8 nitrogen and oxygen atoms in total. The highest BCUT2D eigenvalue weighted by Gasteiger charge is 2.42. The molecule has 0 atom stereocenters.